The van der Waals surface area contributed by atoms with Crippen molar-refractivity contribution >= 4 is 23.5 Å². The molecule has 0 fully saturated rings. The van der Waals surface area contributed by atoms with Crippen molar-refractivity contribution in [3.05, 3.63) is 0 Å². The third kappa shape index (κ3) is 5.36. The van der Waals surface area contributed by atoms with Crippen LogP contribution in [0.1, 0.15) is 6.42 Å². The second-order valence-corrected chi connectivity index (χ2v) is 2.48. The van der Waals surface area contributed by atoms with Crippen molar-refractivity contribution in [1.29, 1.82) is 0 Å². The van der Waals surface area contributed by atoms with Gasteiger partial charge >= 0.3 is 0 Å². The van der Waals surface area contributed by atoms with Crippen molar-refractivity contribution in [2.75, 3.05) is 12.0 Å². The maximum absolute atomic E-state index is 10.5. The number of carbonyl (C=O) groups is 2. The van der Waals surface area contributed by atoms with Crippen LogP contribution in [0.2, 0.25) is 0 Å². The van der Waals surface area contributed by atoms with Crippen LogP contribution in [0, 0.1) is 0 Å². The Hall–Kier alpha value is -0.510. The highest BCUT2D eigenvalue weighted by Gasteiger charge is 2.03. The molecule has 0 aliphatic carbocycles. The van der Waals surface area contributed by atoms with Crippen molar-refractivity contribution in [2.45, 2.75) is 6.42 Å². The lowest BCUT2D eigenvalue weighted by Crippen LogP contribution is -2.17. The van der Waals surface area contributed by atoms with E-state index >= 15 is 0 Å². The minimum absolute atomic E-state index is 0.102. The number of amides is 1. The summed E-state index contributed by atoms with van der Waals surface area (Å²) in [7, 11) is 0. The van der Waals surface area contributed by atoms with Gasteiger partial charge in [-0.05, 0) is 6.26 Å². The molecule has 0 aromatic carbocycles. The predicted octanol–water partition coefficient (Wildman–Crippen LogP) is -0.206. The lowest BCUT2D eigenvalue weighted by atomic mass is 10.3. The summed E-state index contributed by atoms with van der Waals surface area (Å²) >= 11 is 1.39. The summed E-state index contributed by atoms with van der Waals surface area (Å²) in [5.74, 6) is -0.271. The van der Waals surface area contributed by atoms with Crippen LogP contribution < -0.4 is 5.73 Å². The molecule has 0 radical (unpaired) electrons. The monoisotopic (exact) mass is 147 g/mol. The number of nitrogens with two attached hydrogens (primary N) is 1. The first-order valence-electron chi connectivity index (χ1n) is 2.45. The molecule has 0 bridgehead atoms. The molecule has 0 unspecified atom stereocenters. The smallest absolute Gasteiger partial charge is 0.224 e. The molecule has 0 aromatic heterocycles. The number of hydrogen-bond acceptors (Lipinski definition) is 3. The normalized spacial score (nSPS) is 9.00. The van der Waals surface area contributed by atoms with Crippen LogP contribution in [0.25, 0.3) is 0 Å². The molecule has 0 heterocycles. The SMILES string of the molecule is CSCC(=O)CC(N)=O. The Labute approximate surface area is 58.0 Å². The van der Waals surface area contributed by atoms with Gasteiger partial charge in [-0.1, -0.05) is 0 Å². The van der Waals surface area contributed by atoms with Crippen LogP contribution in [0.4, 0.5) is 0 Å². The molecule has 0 aliphatic heterocycles. The predicted molar refractivity (Wildman–Crippen MR) is 37.2 cm³/mol. The first kappa shape index (κ1) is 8.49. The third-order valence-electron chi connectivity index (χ3n) is 0.677. The zero-order valence-corrected chi connectivity index (χ0v) is 6.03. The van der Waals surface area contributed by atoms with E-state index in [1.165, 1.54) is 11.8 Å². The molecule has 52 valence electrons. The van der Waals surface area contributed by atoms with Crippen molar-refractivity contribution in [1.82, 2.24) is 0 Å². The zero-order valence-electron chi connectivity index (χ0n) is 5.22. The van der Waals surface area contributed by atoms with Gasteiger partial charge in [0.2, 0.25) is 5.91 Å². The van der Waals surface area contributed by atoms with Crippen LogP contribution in [-0.4, -0.2) is 23.7 Å². The van der Waals surface area contributed by atoms with Crippen LogP contribution in [0.3, 0.4) is 0 Å². The van der Waals surface area contributed by atoms with E-state index in [4.69, 9.17) is 5.73 Å². The van der Waals surface area contributed by atoms with E-state index in [1.807, 2.05) is 0 Å². The van der Waals surface area contributed by atoms with Gasteiger partial charge in [0.05, 0.1) is 12.2 Å². The van der Waals surface area contributed by atoms with Gasteiger partial charge in [-0.25, -0.2) is 0 Å². The van der Waals surface area contributed by atoms with Crippen molar-refractivity contribution in [3.8, 4) is 0 Å². The van der Waals surface area contributed by atoms with E-state index in [2.05, 4.69) is 0 Å². The van der Waals surface area contributed by atoms with Crippen molar-refractivity contribution in [3.63, 3.8) is 0 Å². The second-order valence-electron chi connectivity index (χ2n) is 1.61. The molecule has 0 rings (SSSR count). The molecular formula is C5H9NO2S. The van der Waals surface area contributed by atoms with Gasteiger partial charge < -0.3 is 5.73 Å². The van der Waals surface area contributed by atoms with E-state index in [0.29, 0.717) is 5.75 Å². The fourth-order valence-electron chi connectivity index (χ4n) is 0.406. The van der Waals surface area contributed by atoms with E-state index < -0.39 is 5.91 Å². The Morgan fingerprint density at radius 2 is 2.11 bits per heavy atom. The highest BCUT2D eigenvalue weighted by Crippen LogP contribution is 1.93. The zero-order chi connectivity index (χ0) is 7.28. The lowest BCUT2D eigenvalue weighted by Gasteiger charge is -1.91. The highest BCUT2D eigenvalue weighted by atomic mass is 32.2. The Morgan fingerprint density at radius 3 is 2.44 bits per heavy atom. The summed E-state index contributed by atoms with van der Waals surface area (Å²) in [6.45, 7) is 0. The Kier molecular flexibility index (Phi) is 4.13. The van der Waals surface area contributed by atoms with Gasteiger partial charge in [-0.2, -0.15) is 11.8 Å². The largest absolute Gasteiger partial charge is 0.369 e. The minimum atomic E-state index is -0.547. The van der Waals surface area contributed by atoms with Gasteiger partial charge in [-0.3, -0.25) is 9.59 Å². The van der Waals surface area contributed by atoms with Gasteiger partial charge in [0, 0.05) is 0 Å². The molecule has 3 nitrogen and oxygen atoms in total. The maximum Gasteiger partial charge on any atom is 0.224 e. The molecule has 0 spiro atoms. The molecule has 1 amide bonds. The summed E-state index contributed by atoms with van der Waals surface area (Å²) in [5.41, 5.74) is 4.75. The molecule has 2 N–H and O–H groups in total. The number of primary amides is 1. The van der Waals surface area contributed by atoms with E-state index in [0.717, 1.165) is 0 Å². The molecule has 0 saturated carbocycles. The summed E-state index contributed by atoms with van der Waals surface area (Å²) in [6, 6.07) is 0. The first-order valence-corrected chi connectivity index (χ1v) is 3.85. The lowest BCUT2D eigenvalue weighted by molar-refractivity contribution is -0.124. The van der Waals surface area contributed by atoms with Gasteiger partial charge in [0.1, 0.15) is 0 Å². The van der Waals surface area contributed by atoms with Crippen LogP contribution >= 0.6 is 11.8 Å². The molecular weight excluding hydrogens is 138 g/mol. The average molecular weight is 147 g/mol. The summed E-state index contributed by atoms with van der Waals surface area (Å²) in [4.78, 5) is 20.6. The van der Waals surface area contributed by atoms with Crippen LogP contribution in [0.15, 0.2) is 0 Å². The third-order valence-corrected chi connectivity index (χ3v) is 1.29. The van der Waals surface area contributed by atoms with Gasteiger partial charge in [-0.15, -0.1) is 0 Å². The van der Waals surface area contributed by atoms with Crippen molar-refractivity contribution < 1.29 is 9.59 Å². The number of thioether (sulfide) groups is 1. The number of ketones is 1. The van der Waals surface area contributed by atoms with Crippen LogP contribution in [0.5, 0.6) is 0 Å². The fourth-order valence-corrected chi connectivity index (χ4v) is 0.830. The fraction of sp³-hybridized carbons (Fsp3) is 0.600. The summed E-state index contributed by atoms with van der Waals surface area (Å²) in [5, 5.41) is 0. The molecule has 0 aromatic rings. The highest BCUT2D eigenvalue weighted by molar-refractivity contribution is 7.99. The Morgan fingerprint density at radius 1 is 1.56 bits per heavy atom. The quantitative estimate of drug-likeness (QED) is 0.560. The molecule has 4 heteroatoms. The van der Waals surface area contributed by atoms with E-state index in [-0.39, 0.29) is 12.2 Å². The molecule has 9 heavy (non-hydrogen) atoms. The van der Waals surface area contributed by atoms with Gasteiger partial charge in [0.25, 0.3) is 0 Å². The Bertz CT molecular complexity index is 124. The summed E-state index contributed by atoms with van der Waals surface area (Å²) in [6.07, 6.45) is 1.68. The molecule has 0 saturated heterocycles. The van der Waals surface area contributed by atoms with Crippen LogP contribution in [-0.2, 0) is 9.59 Å². The standard InChI is InChI=1S/C5H9NO2S/c1-9-3-4(7)2-5(6)8/h2-3H2,1H3,(H2,6,8). The maximum atomic E-state index is 10.5. The number of hydrogen-bond donors (Lipinski definition) is 1. The number of rotatable bonds is 4. The molecule has 0 aliphatic rings. The number of Topliss-reactive ketones (excluding diaryl/α,β-unsaturated/α-hetero) is 1. The van der Waals surface area contributed by atoms with E-state index in [1.54, 1.807) is 6.26 Å². The Balaban J connectivity index is 3.39. The van der Waals surface area contributed by atoms with Crippen molar-refractivity contribution in [2.24, 2.45) is 5.73 Å². The second kappa shape index (κ2) is 4.38. The topological polar surface area (TPSA) is 60.2 Å². The van der Waals surface area contributed by atoms with Gasteiger partial charge in [0.15, 0.2) is 5.78 Å². The molecule has 0 atom stereocenters. The summed E-state index contributed by atoms with van der Waals surface area (Å²) < 4.78 is 0. The average Bonchev–Trinajstić information content (AvgIpc) is 1.63. The van der Waals surface area contributed by atoms with E-state index in [9.17, 15) is 9.59 Å². The first-order chi connectivity index (χ1) is 4.16. The number of carbonyl (C=O) groups excluding carboxylic acids is 2. The minimum Gasteiger partial charge on any atom is -0.369 e.